The molecule has 0 rings (SSSR count). The zero-order valence-corrected chi connectivity index (χ0v) is 8.43. The van der Waals surface area contributed by atoms with Crippen LogP contribution >= 0.6 is 0 Å². The van der Waals surface area contributed by atoms with Crippen molar-refractivity contribution < 1.29 is 17.9 Å². The third kappa shape index (κ3) is 6.50. The topological polar surface area (TPSA) is 98.5 Å². The van der Waals surface area contributed by atoms with Gasteiger partial charge in [-0.2, -0.15) is 0 Å². The predicted molar refractivity (Wildman–Crippen MR) is 47.5 cm³/mol. The van der Waals surface area contributed by atoms with Crippen molar-refractivity contribution in [3.63, 3.8) is 0 Å². The van der Waals surface area contributed by atoms with Gasteiger partial charge < -0.3 is 10.5 Å². The Morgan fingerprint density at radius 1 is 1.62 bits per heavy atom. The number of carbonyl (C=O) groups excluding carboxylic acids is 1. The lowest BCUT2D eigenvalue weighted by Crippen LogP contribution is -2.43. The molecule has 0 radical (unpaired) electrons. The van der Waals surface area contributed by atoms with E-state index in [-0.39, 0.29) is 6.42 Å². The van der Waals surface area contributed by atoms with Crippen molar-refractivity contribution in [3.05, 3.63) is 0 Å². The number of carbonyl (C=O) groups is 1. The number of rotatable bonds is 5. The first-order valence-corrected chi connectivity index (χ1v) is 5.52. The number of sulfonamides is 1. The van der Waals surface area contributed by atoms with Gasteiger partial charge in [-0.15, -0.1) is 0 Å². The number of hydrogen-bond donors (Lipinski definition) is 2. The number of ether oxygens (including phenoxy) is 1. The van der Waals surface area contributed by atoms with Gasteiger partial charge in [-0.1, -0.05) is 0 Å². The fourth-order valence-electron chi connectivity index (χ4n) is 0.634. The second kappa shape index (κ2) is 5.15. The fraction of sp³-hybridized carbons (Fsp3) is 0.833. The van der Waals surface area contributed by atoms with E-state index in [4.69, 9.17) is 5.73 Å². The minimum absolute atomic E-state index is 0.290. The largest absolute Gasteiger partial charge is 0.385 e. The van der Waals surface area contributed by atoms with Crippen LogP contribution in [0.1, 0.15) is 6.42 Å². The zero-order chi connectivity index (χ0) is 10.5. The van der Waals surface area contributed by atoms with Crippen LogP contribution in [0, 0.1) is 0 Å². The first-order chi connectivity index (χ1) is 5.87. The first-order valence-electron chi connectivity index (χ1n) is 3.63. The lowest BCUT2D eigenvalue weighted by atomic mass is 10.2. The Morgan fingerprint density at radius 2 is 2.15 bits per heavy atom. The minimum Gasteiger partial charge on any atom is -0.385 e. The molecule has 78 valence electrons. The van der Waals surface area contributed by atoms with Crippen LogP contribution in [-0.2, 0) is 19.6 Å². The van der Waals surface area contributed by atoms with E-state index in [2.05, 4.69) is 4.74 Å². The van der Waals surface area contributed by atoms with E-state index in [9.17, 15) is 13.2 Å². The molecule has 1 atom stereocenters. The fourth-order valence-corrected chi connectivity index (χ4v) is 1.15. The van der Waals surface area contributed by atoms with Gasteiger partial charge in [-0.3, -0.25) is 9.52 Å². The Kier molecular flexibility index (Phi) is 4.89. The molecule has 0 aromatic carbocycles. The zero-order valence-electron chi connectivity index (χ0n) is 7.61. The van der Waals surface area contributed by atoms with E-state index in [1.807, 2.05) is 0 Å². The van der Waals surface area contributed by atoms with Crippen LogP contribution in [0.25, 0.3) is 0 Å². The van der Waals surface area contributed by atoms with E-state index >= 15 is 0 Å². The van der Waals surface area contributed by atoms with Crippen molar-refractivity contribution in [1.29, 1.82) is 0 Å². The highest BCUT2D eigenvalue weighted by Crippen LogP contribution is 1.89. The molecule has 0 heterocycles. The second-order valence-corrected chi connectivity index (χ2v) is 4.37. The number of nitrogens with one attached hydrogen (secondary N) is 1. The lowest BCUT2D eigenvalue weighted by molar-refractivity contribution is -0.120. The van der Waals surface area contributed by atoms with Crippen molar-refractivity contribution in [2.45, 2.75) is 12.5 Å². The van der Waals surface area contributed by atoms with E-state index in [0.29, 0.717) is 6.61 Å². The normalized spacial score (nSPS) is 13.8. The average molecular weight is 210 g/mol. The van der Waals surface area contributed by atoms with Crippen molar-refractivity contribution >= 4 is 15.9 Å². The summed E-state index contributed by atoms with van der Waals surface area (Å²) < 4.78 is 27.7. The van der Waals surface area contributed by atoms with Crippen molar-refractivity contribution in [2.24, 2.45) is 5.73 Å². The number of amides is 1. The highest BCUT2D eigenvalue weighted by Gasteiger charge is 2.16. The molecule has 0 aromatic heterocycles. The van der Waals surface area contributed by atoms with Crippen LogP contribution in [0.5, 0.6) is 0 Å². The number of methoxy groups -OCH3 is 1. The summed E-state index contributed by atoms with van der Waals surface area (Å²) in [6.07, 6.45) is 1.19. The van der Waals surface area contributed by atoms with Gasteiger partial charge in [0.2, 0.25) is 15.9 Å². The van der Waals surface area contributed by atoms with Gasteiger partial charge in [0.15, 0.2) is 0 Å². The Hall–Kier alpha value is -0.660. The Balaban J connectivity index is 3.97. The summed E-state index contributed by atoms with van der Waals surface area (Å²) in [5, 5.41) is 0. The molecule has 0 aliphatic heterocycles. The van der Waals surface area contributed by atoms with Crippen LogP contribution in [0.2, 0.25) is 0 Å². The van der Waals surface area contributed by atoms with E-state index in [1.54, 1.807) is 4.72 Å². The summed E-state index contributed by atoms with van der Waals surface area (Å²) in [6.45, 7) is 0.318. The highest BCUT2D eigenvalue weighted by atomic mass is 32.2. The lowest BCUT2D eigenvalue weighted by Gasteiger charge is -2.09. The van der Waals surface area contributed by atoms with Crippen LogP contribution < -0.4 is 10.5 Å². The van der Waals surface area contributed by atoms with Gasteiger partial charge in [-0.05, 0) is 6.42 Å². The molecule has 0 bridgehead atoms. The maximum absolute atomic E-state index is 11.0. The van der Waals surface area contributed by atoms with Crippen LogP contribution in [0.4, 0.5) is 0 Å². The molecule has 3 N–H and O–H groups in total. The molecule has 0 aromatic rings. The van der Waals surface area contributed by atoms with Gasteiger partial charge in [0.1, 0.15) is 0 Å². The van der Waals surface area contributed by atoms with Gasteiger partial charge in [-0.25, -0.2) is 8.42 Å². The van der Waals surface area contributed by atoms with Crippen LogP contribution in [-0.4, -0.2) is 40.3 Å². The van der Waals surface area contributed by atoms with Gasteiger partial charge in [0.05, 0.1) is 12.3 Å². The molecule has 13 heavy (non-hydrogen) atoms. The van der Waals surface area contributed by atoms with Crippen molar-refractivity contribution in [3.8, 4) is 0 Å². The average Bonchev–Trinajstić information content (AvgIpc) is 1.96. The maximum atomic E-state index is 11.0. The summed E-state index contributed by atoms with van der Waals surface area (Å²) in [5.41, 5.74) is 5.35. The predicted octanol–water partition coefficient (Wildman–Crippen LogP) is -1.57. The van der Waals surface area contributed by atoms with E-state index in [1.165, 1.54) is 7.11 Å². The molecule has 7 heteroatoms. The molecule has 6 nitrogen and oxygen atoms in total. The summed E-state index contributed by atoms with van der Waals surface area (Å²) >= 11 is 0. The van der Waals surface area contributed by atoms with Gasteiger partial charge in [0, 0.05) is 13.7 Å². The highest BCUT2D eigenvalue weighted by molar-refractivity contribution is 7.89. The second-order valence-electron chi connectivity index (χ2n) is 2.63. The van der Waals surface area contributed by atoms with Crippen LogP contribution in [0.15, 0.2) is 0 Å². The standard InChI is InChI=1S/C6H14N2O4S/c1-12-4-3-5(7)6(9)8-13(2,10)11/h5H,3-4,7H2,1-2H3,(H,8,9). The quantitative estimate of drug-likeness (QED) is 0.571. The van der Waals surface area contributed by atoms with Crippen LogP contribution in [0.3, 0.4) is 0 Å². The van der Waals surface area contributed by atoms with Gasteiger partial charge >= 0.3 is 0 Å². The Bertz CT molecular complexity index is 262. The molecule has 1 amide bonds. The Labute approximate surface area is 77.5 Å². The molecular weight excluding hydrogens is 196 g/mol. The van der Waals surface area contributed by atoms with E-state index in [0.717, 1.165) is 6.26 Å². The molecule has 0 fully saturated rings. The third-order valence-corrected chi connectivity index (χ3v) is 1.83. The Morgan fingerprint density at radius 3 is 2.54 bits per heavy atom. The van der Waals surface area contributed by atoms with Crippen molar-refractivity contribution in [1.82, 2.24) is 4.72 Å². The number of hydrogen-bond acceptors (Lipinski definition) is 5. The molecule has 0 spiro atoms. The summed E-state index contributed by atoms with van der Waals surface area (Å²) in [6, 6.07) is -0.852. The minimum atomic E-state index is -3.51. The SMILES string of the molecule is COCCC(N)C(=O)NS(C)(=O)=O. The molecule has 1 unspecified atom stereocenters. The smallest absolute Gasteiger partial charge is 0.250 e. The molecule has 0 aliphatic carbocycles. The number of nitrogens with two attached hydrogens (primary N) is 1. The van der Waals surface area contributed by atoms with E-state index < -0.39 is 22.0 Å². The molecule has 0 saturated carbocycles. The monoisotopic (exact) mass is 210 g/mol. The summed E-state index contributed by atoms with van der Waals surface area (Å²) in [4.78, 5) is 11.0. The first kappa shape index (κ1) is 12.3. The molecule has 0 saturated heterocycles. The summed E-state index contributed by atoms with van der Waals surface area (Å²) in [7, 11) is -2.04. The third-order valence-electron chi connectivity index (χ3n) is 1.26. The molecular formula is C6H14N2O4S. The summed E-state index contributed by atoms with van der Waals surface area (Å²) in [5.74, 6) is -0.709. The molecule has 0 aliphatic rings. The van der Waals surface area contributed by atoms with Gasteiger partial charge in [0.25, 0.3) is 0 Å². The maximum Gasteiger partial charge on any atom is 0.250 e. The van der Waals surface area contributed by atoms with Crippen molar-refractivity contribution in [2.75, 3.05) is 20.0 Å².